The Morgan fingerprint density at radius 2 is 2.14 bits per heavy atom. The van der Waals surface area contributed by atoms with Gasteiger partial charge in [0, 0.05) is 48.8 Å². The molecule has 11 heteroatoms. The Morgan fingerprint density at radius 1 is 1.31 bits per heavy atom. The Balaban J connectivity index is 1.85. The summed E-state index contributed by atoms with van der Waals surface area (Å²) in [5.74, 6) is -0.278. The second-order valence-corrected chi connectivity index (χ2v) is 10.2. The Bertz CT molecular complexity index is 1400. The molecular formula is C31H38FN7O3. The van der Waals surface area contributed by atoms with E-state index in [1.54, 1.807) is 35.3 Å². The molecule has 0 bridgehead atoms. The number of rotatable bonds is 16. The number of unbranched alkanes of at least 4 members (excludes halogenated alkanes) is 1. The van der Waals surface area contributed by atoms with Crippen LogP contribution >= 0.6 is 0 Å². The molecule has 0 amide bonds. The third-order valence-electron chi connectivity index (χ3n) is 6.47. The first-order valence-electron chi connectivity index (χ1n) is 14.0. The van der Waals surface area contributed by atoms with E-state index in [1.807, 2.05) is 43.3 Å². The van der Waals surface area contributed by atoms with Gasteiger partial charge in [0.05, 0.1) is 17.6 Å². The number of nitroso groups, excluding NO2 is 1. The molecule has 3 rings (SSSR count). The lowest BCUT2D eigenvalue weighted by Crippen LogP contribution is -2.26. The van der Waals surface area contributed by atoms with Gasteiger partial charge in [-0.15, -0.1) is 10.0 Å². The van der Waals surface area contributed by atoms with Crippen molar-refractivity contribution in [2.45, 2.75) is 58.1 Å². The monoisotopic (exact) mass is 575 g/mol. The summed E-state index contributed by atoms with van der Waals surface area (Å²) in [6, 6.07) is 5.32. The van der Waals surface area contributed by atoms with Crippen LogP contribution < -0.4 is 0 Å². The Morgan fingerprint density at radius 3 is 2.90 bits per heavy atom. The summed E-state index contributed by atoms with van der Waals surface area (Å²) in [6.07, 6.45) is 17.9. The average molecular weight is 576 g/mol. The first-order chi connectivity index (χ1) is 20.2. The number of allylic oxidation sites excluding steroid dienone is 6. The highest BCUT2D eigenvalue weighted by molar-refractivity contribution is 5.93. The van der Waals surface area contributed by atoms with Gasteiger partial charge in [-0.05, 0) is 81.6 Å². The third kappa shape index (κ3) is 10.3. The van der Waals surface area contributed by atoms with Gasteiger partial charge in [-0.1, -0.05) is 30.4 Å². The van der Waals surface area contributed by atoms with Crippen LogP contribution in [0.1, 0.15) is 62.7 Å². The molecule has 222 valence electrons. The number of aromatic nitrogens is 3. The quantitative estimate of drug-likeness (QED) is 0.0807. The van der Waals surface area contributed by atoms with E-state index in [4.69, 9.17) is 4.99 Å². The molecule has 2 aromatic rings. The summed E-state index contributed by atoms with van der Waals surface area (Å²) >= 11 is 0. The zero-order valence-electron chi connectivity index (χ0n) is 24.4. The molecule has 42 heavy (non-hydrogen) atoms. The lowest BCUT2D eigenvalue weighted by molar-refractivity contribution is 0.0562. The largest absolute Gasteiger partial charge is 0.367 e. The molecule has 10 nitrogen and oxygen atoms in total. The average Bonchev–Trinajstić information content (AvgIpc) is 3.30. The minimum atomic E-state index is -1.61. The van der Waals surface area contributed by atoms with Crippen LogP contribution in [-0.2, 0) is 0 Å². The number of benzene rings is 1. The molecule has 1 atom stereocenters. The lowest BCUT2D eigenvalue weighted by Gasteiger charge is -2.18. The summed E-state index contributed by atoms with van der Waals surface area (Å²) in [7, 11) is 1.90. The predicted octanol–water partition coefficient (Wildman–Crippen LogP) is 6.45. The van der Waals surface area contributed by atoms with E-state index in [9.17, 15) is 19.2 Å². The Labute approximate surface area is 245 Å². The highest BCUT2D eigenvalue weighted by Crippen LogP contribution is 2.27. The zero-order valence-corrected chi connectivity index (χ0v) is 24.4. The standard InChI is InChI=1S/C31H38FN7O3/c1-4-9-26(32)10-8-19-38(3)21-27(11-5-6-16-31(2,41)36-42)34-29-20-24(13-14-25(29)23-40)30-22-39(37-35-30)28-12-7-17-33-18-15-28/h8-10,12-15,17-18,20,22-23,41H,4-7,11,16,19,21H2,1-3H3/b10-8-,26-9+,34-27-. The Kier molecular flexibility index (Phi) is 12.5. The van der Waals surface area contributed by atoms with Crippen LogP contribution in [-0.4, -0.2) is 69.1 Å². The van der Waals surface area contributed by atoms with Crippen LogP contribution in [0.25, 0.3) is 17.0 Å². The van der Waals surface area contributed by atoms with Crippen LogP contribution in [0.15, 0.2) is 82.0 Å². The van der Waals surface area contributed by atoms with Crippen LogP contribution in [0.4, 0.5) is 10.1 Å². The van der Waals surface area contributed by atoms with Gasteiger partial charge in [-0.3, -0.25) is 19.7 Å². The van der Waals surface area contributed by atoms with E-state index in [1.165, 1.54) is 19.1 Å². The summed E-state index contributed by atoms with van der Waals surface area (Å²) in [5, 5.41) is 21.3. The number of aliphatic hydroxyl groups is 1. The summed E-state index contributed by atoms with van der Waals surface area (Å²) in [6.45, 7) is 4.22. The number of likely N-dealkylation sites (N-methyl/N-ethyl adjacent to an activating group) is 1. The first kappa shape index (κ1) is 32.3. The van der Waals surface area contributed by atoms with Crippen molar-refractivity contribution in [3.05, 3.63) is 77.3 Å². The van der Waals surface area contributed by atoms with Crippen molar-refractivity contribution >= 4 is 29.6 Å². The molecule has 1 aliphatic rings. The van der Waals surface area contributed by atoms with Crippen LogP contribution in [0.3, 0.4) is 0 Å². The van der Waals surface area contributed by atoms with Gasteiger partial charge >= 0.3 is 0 Å². The van der Waals surface area contributed by atoms with E-state index >= 15 is 0 Å². The highest BCUT2D eigenvalue weighted by Gasteiger charge is 2.20. The van der Waals surface area contributed by atoms with Crippen molar-refractivity contribution in [2.75, 3.05) is 20.1 Å². The minimum Gasteiger partial charge on any atom is -0.367 e. The van der Waals surface area contributed by atoms with Crippen molar-refractivity contribution in [2.24, 2.45) is 15.2 Å². The third-order valence-corrected chi connectivity index (χ3v) is 6.47. The van der Waals surface area contributed by atoms with Crippen molar-refractivity contribution in [1.82, 2.24) is 19.9 Å². The smallest absolute Gasteiger partial charge is 0.194 e. The van der Waals surface area contributed by atoms with Crippen LogP contribution in [0.2, 0.25) is 0 Å². The van der Waals surface area contributed by atoms with Crippen molar-refractivity contribution in [3.63, 3.8) is 0 Å². The normalized spacial score (nSPS) is 15.6. The van der Waals surface area contributed by atoms with Crippen LogP contribution in [0.5, 0.6) is 0 Å². The maximum absolute atomic E-state index is 13.7. The molecular weight excluding hydrogens is 537 g/mol. The van der Waals surface area contributed by atoms with E-state index in [0.29, 0.717) is 62.1 Å². The number of carbonyl (C=O) groups is 1. The van der Waals surface area contributed by atoms with Crippen molar-refractivity contribution in [1.29, 1.82) is 0 Å². The molecule has 1 N–H and O–H groups in total. The van der Waals surface area contributed by atoms with Gasteiger partial charge < -0.3 is 5.11 Å². The summed E-state index contributed by atoms with van der Waals surface area (Å²) in [4.78, 5) is 33.8. The van der Waals surface area contributed by atoms with Crippen molar-refractivity contribution in [3.8, 4) is 11.3 Å². The fraction of sp³-hybridized carbons (Fsp3) is 0.387. The summed E-state index contributed by atoms with van der Waals surface area (Å²) in [5.41, 5.74) is 2.34. The molecule has 0 saturated carbocycles. The molecule has 1 aromatic heterocycles. The van der Waals surface area contributed by atoms with Crippen molar-refractivity contribution < 1.29 is 14.3 Å². The van der Waals surface area contributed by atoms with Gasteiger partial charge in [-0.2, -0.15) is 0 Å². The predicted molar refractivity (Wildman–Crippen MR) is 165 cm³/mol. The number of halogens is 1. The fourth-order valence-electron chi connectivity index (χ4n) is 4.23. The fourth-order valence-corrected chi connectivity index (χ4v) is 4.23. The SMILES string of the molecule is CC/C=C(F)\C=C/CN(C)C/C(CCCCC(C)(O)N=O)=N\c1cc(-c2cn(C3=CCC=NC=C3)nn2)ccc1C=O. The second-order valence-electron chi connectivity index (χ2n) is 10.2. The van der Waals surface area contributed by atoms with E-state index in [2.05, 4.69) is 20.5 Å². The number of carbonyl (C=O) groups excluding carboxylic acids is 1. The molecule has 0 aliphatic carbocycles. The lowest BCUT2D eigenvalue weighted by atomic mass is 10.0. The first-order valence-corrected chi connectivity index (χ1v) is 14.0. The molecule has 1 aromatic carbocycles. The summed E-state index contributed by atoms with van der Waals surface area (Å²) < 4.78 is 15.4. The highest BCUT2D eigenvalue weighted by atomic mass is 19.1. The second kappa shape index (κ2) is 16.3. The van der Waals surface area contributed by atoms with Gasteiger partial charge in [0.25, 0.3) is 0 Å². The zero-order chi connectivity index (χ0) is 30.4. The van der Waals surface area contributed by atoms with E-state index < -0.39 is 5.72 Å². The maximum atomic E-state index is 13.7. The van der Waals surface area contributed by atoms with Gasteiger partial charge in [0.1, 0.15) is 11.5 Å². The molecule has 1 unspecified atom stereocenters. The van der Waals surface area contributed by atoms with Crippen LogP contribution in [0, 0.1) is 4.91 Å². The van der Waals surface area contributed by atoms with Gasteiger partial charge in [0.2, 0.25) is 0 Å². The number of hydrogen-bond acceptors (Lipinski definition) is 9. The molecule has 2 heterocycles. The molecule has 0 saturated heterocycles. The number of aldehydes is 1. The van der Waals surface area contributed by atoms with E-state index in [0.717, 1.165) is 23.3 Å². The molecule has 0 spiro atoms. The topological polar surface area (TPSA) is 125 Å². The van der Waals surface area contributed by atoms with Gasteiger partial charge in [0.15, 0.2) is 12.0 Å². The maximum Gasteiger partial charge on any atom is 0.194 e. The number of nitrogens with zero attached hydrogens (tertiary/aromatic N) is 7. The molecule has 0 radical (unpaired) electrons. The minimum absolute atomic E-state index is 0.230. The molecule has 1 aliphatic heterocycles. The number of aliphatic imine (C=N–C) groups is 2. The number of hydrogen-bond donors (Lipinski definition) is 1. The molecule has 0 fully saturated rings. The van der Waals surface area contributed by atoms with Gasteiger partial charge in [-0.25, -0.2) is 9.07 Å². The Hall–Kier alpha value is -4.22. The van der Waals surface area contributed by atoms with E-state index in [-0.39, 0.29) is 12.2 Å².